The molecule has 0 fully saturated rings. The van der Waals surface area contributed by atoms with Crippen LogP contribution in [0.4, 0.5) is 4.39 Å². The summed E-state index contributed by atoms with van der Waals surface area (Å²) in [7, 11) is 2.76. The summed E-state index contributed by atoms with van der Waals surface area (Å²) in [6.45, 7) is 1.86. The van der Waals surface area contributed by atoms with Gasteiger partial charge in [0.2, 0.25) is 0 Å². The van der Waals surface area contributed by atoms with E-state index in [1.165, 1.54) is 26.5 Å². The van der Waals surface area contributed by atoms with Gasteiger partial charge in [-0.2, -0.15) is 0 Å². The van der Waals surface area contributed by atoms with Crippen molar-refractivity contribution in [2.75, 3.05) is 21.0 Å². The van der Waals surface area contributed by atoms with Gasteiger partial charge in [0.1, 0.15) is 11.2 Å². The van der Waals surface area contributed by atoms with E-state index in [-0.39, 0.29) is 24.2 Å². The molecule has 136 valence electrons. The molecule has 0 amide bonds. The van der Waals surface area contributed by atoms with Crippen LogP contribution in [0.2, 0.25) is 0 Å². The summed E-state index contributed by atoms with van der Waals surface area (Å²) in [4.78, 5) is 16.1. The van der Waals surface area contributed by atoms with Gasteiger partial charge in [-0.05, 0) is 23.8 Å². The Morgan fingerprint density at radius 3 is 2.77 bits per heavy atom. The molecule has 2 aromatic heterocycles. The largest absolute Gasteiger partial charge is 0.464 e. The van der Waals surface area contributed by atoms with Gasteiger partial charge in [-0.3, -0.25) is 0 Å². The zero-order chi connectivity index (χ0) is 18.7. The molecule has 1 atom stereocenters. The average Bonchev–Trinajstić information content (AvgIpc) is 3.13. The molecular formula is C19H18FNO5. The van der Waals surface area contributed by atoms with Gasteiger partial charge in [-0.25, -0.2) is 14.2 Å². The van der Waals surface area contributed by atoms with Gasteiger partial charge in [0, 0.05) is 24.7 Å². The molecular weight excluding hydrogens is 341 g/mol. The number of nitrogens with zero attached hydrogens (tertiary/aromatic N) is 1. The highest BCUT2D eigenvalue weighted by Gasteiger charge is 2.20. The fourth-order valence-corrected chi connectivity index (χ4v) is 2.72. The normalized spacial score (nSPS) is 12.2. The Morgan fingerprint density at radius 1 is 1.27 bits per heavy atom. The number of carbonyl (C=O) groups excluding carboxylic acids is 1. The lowest BCUT2D eigenvalue weighted by molar-refractivity contribution is 0.0482. The third-order valence-corrected chi connectivity index (χ3v) is 4.09. The van der Waals surface area contributed by atoms with Crippen molar-refractivity contribution in [3.05, 3.63) is 59.2 Å². The second-order valence-corrected chi connectivity index (χ2v) is 5.69. The highest BCUT2D eigenvalue weighted by atomic mass is 19.1. The lowest BCUT2D eigenvalue weighted by Crippen LogP contribution is -2.07. The van der Waals surface area contributed by atoms with Crippen LogP contribution in [0.1, 0.15) is 34.5 Å². The number of carbonyl (C=O) groups is 1. The molecule has 26 heavy (non-hydrogen) atoms. The van der Waals surface area contributed by atoms with Crippen LogP contribution < -0.4 is 4.74 Å². The summed E-state index contributed by atoms with van der Waals surface area (Å²) in [5, 5.41) is 0. The lowest BCUT2D eigenvalue weighted by Gasteiger charge is -2.15. The summed E-state index contributed by atoms with van der Waals surface area (Å²) < 4.78 is 34.5. The molecule has 0 saturated carbocycles. The van der Waals surface area contributed by atoms with Crippen LogP contribution >= 0.6 is 0 Å². The highest BCUT2D eigenvalue weighted by molar-refractivity contribution is 5.91. The molecule has 0 spiro atoms. The molecule has 2 heterocycles. The molecule has 6 nitrogen and oxygen atoms in total. The van der Waals surface area contributed by atoms with Gasteiger partial charge < -0.3 is 18.6 Å². The highest BCUT2D eigenvalue weighted by Crippen LogP contribution is 2.33. The minimum Gasteiger partial charge on any atom is -0.464 e. The third-order valence-electron chi connectivity index (χ3n) is 4.09. The Kier molecular flexibility index (Phi) is 5.18. The van der Waals surface area contributed by atoms with Gasteiger partial charge in [0.05, 0.1) is 13.4 Å². The quantitative estimate of drug-likeness (QED) is 0.491. The average molecular weight is 359 g/mol. The summed E-state index contributed by atoms with van der Waals surface area (Å²) in [6, 6.07) is 7.96. The van der Waals surface area contributed by atoms with Crippen molar-refractivity contribution in [3.8, 4) is 5.75 Å². The second-order valence-electron chi connectivity index (χ2n) is 5.69. The van der Waals surface area contributed by atoms with E-state index in [0.29, 0.717) is 22.2 Å². The number of halogens is 1. The molecule has 0 N–H and O–H groups in total. The van der Waals surface area contributed by atoms with E-state index >= 15 is 0 Å². The molecule has 0 bridgehead atoms. The monoisotopic (exact) mass is 359 g/mol. The number of methoxy groups -OCH3 is 2. The second kappa shape index (κ2) is 7.53. The number of ether oxygens (including phenoxy) is 3. The first kappa shape index (κ1) is 17.9. The van der Waals surface area contributed by atoms with Crippen molar-refractivity contribution >= 4 is 17.1 Å². The first-order valence-corrected chi connectivity index (χ1v) is 7.92. The SMILES string of the molecule is COCOc1ccc(C(C)c2cc(C(=O)OC)nc3ccoc23)cc1F. The Morgan fingerprint density at radius 2 is 2.08 bits per heavy atom. The molecule has 1 aromatic carbocycles. The first-order chi connectivity index (χ1) is 12.5. The van der Waals surface area contributed by atoms with E-state index in [0.717, 1.165) is 0 Å². The van der Waals surface area contributed by atoms with E-state index in [9.17, 15) is 9.18 Å². The summed E-state index contributed by atoms with van der Waals surface area (Å²) >= 11 is 0. The number of hydrogen-bond acceptors (Lipinski definition) is 6. The molecule has 0 radical (unpaired) electrons. The maximum absolute atomic E-state index is 14.3. The van der Waals surface area contributed by atoms with Crippen molar-refractivity contribution in [2.45, 2.75) is 12.8 Å². The van der Waals surface area contributed by atoms with Crippen molar-refractivity contribution in [3.63, 3.8) is 0 Å². The fraction of sp³-hybridized carbons (Fsp3) is 0.263. The maximum Gasteiger partial charge on any atom is 0.356 e. The van der Waals surface area contributed by atoms with E-state index in [1.54, 1.807) is 24.3 Å². The van der Waals surface area contributed by atoms with Crippen LogP contribution in [-0.4, -0.2) is 32.0 Å². The van der Waals surface area contributed by atoms with Crippen LogP contribution in [0.5, 0.6) is 5.75 Å². The zero-order valence-electron chi connectivity index (χ0n) is 14.6. The Bertz CT molecular complexity index is 937. The standard InChI is InChI=1S/C19H18FNO5/c1-11(12-4-5-17(14(20)8-12)26-10-23-2)13-9-16(19(22)24-3)21-15-6-7-25-18(13)15/h4-9,11H,10H2,1-3H3. The van der Waals surface area contributed by atoms with Crippen molar-refractivity contribution < 1.29 is 27.8 Å². The predicted octanol–water partition coefficient (Wildman–Crippen LogP) is 3.89. The zero-order valence-corrected chi connectivity index (χ0v) is 14.6. The minimum absolute atomic E-state index is 0.0360. The molecule has 3 rings (SSSR count). The maximum atomic E-state index is 14.3. The summed E-state index contributed by atoms with van der Waals surface area (Å²) in [5.41, 5.74) is 2.67. The van der Waals surface area contributed by atoms with Gasteiger partial charge in [-0.1, -0.05) is 13.0 Å². The Labute approximate surface area is 149 Å². The van der Waals surface area contributed by atoms with E-state index < -0.39 is 11.8 Å². The molecule has 0 aliphatic rings. The van der Waals surface area contributed by atoms with Gasteiger partial charge in [0.15, 0.2) is 23.9 Å². The van der Waals surface area contributed by atoms with Crippen molar-refractivity contribution in [1.82, 2.24) is 4.98 Å². The van der Waals surface area contributed by atoms with Crippen LogP contribution in [0.15, 0.2) is 41.0 Å². The first-order valence-electron chi connectivity index (χ1n) is 7.92. The number of esters is 1. The van der Waals surface area contributed by atoms with Crippen LogP contribution in [0.3, 0.4) is 0 Å². The summed E-state index contributed by atoms with van der Waals surface area (Å²) in [6.07, 6.45) is 1.50. The number of fused-ring (bicyclic) bond motifs is 1. The molecule has 7 heteroatoms. The van der Waals surface area contributed by atoms with Gasteiger partial charge in [0.25, 0.3) is 0 Å². The number of hydrogen-bond donors (Lipinski definition) is 0. The van der Waals surface area contributed by atoms with Crippen LogP contribution in [0, 0.1) is 5.82 Å². The van der Waals surface area contributed by atoms with E-state index in [4.69, 9.17) is 18.6 Å². The number of pyridine rings is 1. The van der Waals surface area contributed by atoms with Gasteiger partial charge in [-0.15, -0.1) is 0 Å². The van der Waals surface area contributed by atoms with E-state index in [2.05, 4.69) is 4.98 Å². The third kappa shape index (κ3) is 3.39. The number of furan rings is 1. The fourth-order valence-electron chi connectivity index (χ4n) is 2.72. The minimum atomic E-state index is -0.545. The number of rotatable bonds is 6. The van der Waals surface area contributed by atoms with E-state index in [1.807, 2.05) is 6.92 Å². The lowest BCUT2D eigenvalue weighted by atomic mass is 9.92. The number of aromatic nitrogens is 1. The Balaban J connectivity index is 2.01. The van der Waals surface area contributed by atoms with Crippen molar-refractivity contribution in [2.24, 2.45) is 0 Å². The molecule has 0 aliphatic carbocycles. The Hall–Kier alpha value is -2.93. The molecule has 1 unspecified atom stereocenters. The number of benzene rings is 1. The van der Waals surface area contributed by atoms with Crippen molar-refractivity contribution in [1.29, 1.82) is 0 Å². The predicted molar refractivity (Wildman–Crippen MR) is 91.8 cm³/mol. The smallest absolute Gasteiger partial charge is 0.356 e. The van der Waals surface area contributed by atoms with Crippen LogP contribution in [-0.2, 0) is 9.47 Å². The van der Waals surface area contributed by atoms with Gasteiger partial charge >= 0.3 is 5.97 Å². The molecule has 0 aliphatic heterocycles. The summed E-state index contributed by atoms with van der Waals surface area (Å²) in [5.74, 6) is -1.18. The molecule has 0 saturated heterocycles. The van der Waals surface area contributed by atoms with Crippen LogP contribution in [0.25, 0.3) is 11.1 Å². The molecule has 3 aromatic rings. The topological polar surface area (TPSA) is 70.8 Å².